The van der Waals surface area contributed by atoms with Crippen LogP contribution in [0.1, 0.15) is 18.4 Å². The molecule has 2 saturated heterocycles. The monoisotopic (exact) mass is 443 g/mol. The highest BCUT2D eigenvalue weighted by Crippen LogP contribution is 2.26. The maximum atomic E-state index is 12.8. The minimum Gasteiger partial charge on any atom is -0.378 e. The summed E-state index contributed by atoms with van der Waals surface area (Å²) in [7, 11) is -3.51. The number of carbonyl (C=O) groups is 1. The van der Waals surface area contributed by atoms with E-state index in [1.807, 2.05) is 31.2 Å². The highest BCUT2D eigenvalue weighted by molar-refractivity contribution is 7.89. The molecule has 8 heteroatoms. The first kappa shape index (κ1) is 21.8. The molecule has 2 aliphatic rings. The first-order valence-electron chi connectivity index (χ1n) is 10.7. The molecule has 4 rings (SSSR count). The van der Waals surface area contributed by atoms with Crippen molar-refractivity contribution >= 4 is 27.3 Å². The molecule has 0 aliphatic carbocycles. The van der Waals surface area contributed by atoms with E-state index in [2.05, 4.69) is 10.2 Å². The molecule has 0 spiro atoms. The Hall–Kier alpha value is -2.42. The average Bonchev–Trinajstić information content (AvgIpc) is 2.80. The number of hydrogen-bond acceptors (Lipinski definition) is 5. The summed E-state index contributed by atoms with van der Waals surface area (Å²) in [5, 5.41) is 2.98. The Balaban J connectivity index is 1.31. The quantitative estimate of drug-likeness (QED) is 0.769. The molecule has 2 fully saturated rings. The summed E-state index contributed by atoms with van der Waals surface area (Å²) in [6.07, 6.45) is 1.03. The van der Waals surface area contributed by atoms with Gasteiger partial charge in [-0.05, 0) is 56.2 Å². The second-order valence-electron chi connectivity index (χ2n) is 8.13. The third-order valence-electron chi connectivity index (χ3n) is 5.99. The highest BCUT2D eigenvalue weighted by atomic mass is 32.2. The number of aryl methyl sites for hydroxylation is 1. The largest absolute Gasteiger partial charge is 0.378 e. The van der Waals surface area contributed by atoms with Crippen molar-refractivity contribution in [2.24, 2.45) is 5.92 Å². The lowest BCUT2D eigenvalue weighted by Gasteiger charge is -2.30. The predicted molar refractivity (Wildman–Crippen MR) is 121 cm³/mol. The van der Waals surface area contributed by atoms with Gasteiger partial charge in [0.25, 0.3) is 0 Å². The van der Waals surface area contributed by atoms with Crippen molar-refractivity contribution in [2.45, 2.75) is 24.7 Å². The van der Waals surface area contributed by atoms with Crippen molar-refractivity contribution in [3.8, 4) is 0 Å². The second-order valence-corrected chi connectivity index (χ2v) is 10.1. The van der Waals surface area contributed by atoms with E-state index in [0.717, 1.165) is 43.2 Å². The van der Waals surface area contributed by atoms with Crippen LogP contribution in [0.2, 0.25) is 0 Å². The van der Waals surface area contributed by atoms with Gasteiger partial charge in [-0.2, -0.15) is 4.31 Å². The third-order valence-corrected chi connectivity index (χ3v) is 7.91. The van der Waals surface area contributed by atoms with Crippen LogP contribution in [0.4, 0.5) is 11.4 Å². The highest BCUT2D eigenvalue weighted by Gasteiger charge is 2.32. The SMILES string of the molecule is Cc1ccc(S(=O)(=O)N2CCC(C(=O)Nc3ccc(N4CCOCC4)cc3)CC2)cc1. The van der Waals surface area contributed by atoms with Crippen LogP contribution >= 0.6 is 0 Å². The molecule has 2 heterocycles. The molecule has 0 atom stereocenters. The number of rotatable bonds is 5. The third kappa shape index (κ3) is 5.08. The number of carbonyl (C=O) groups excluding carboxylic acids is 1. The number of anilines is 2. The predicted octanol–water partition coefficient (Wildman–Crippen LogP) is 2.87. The Morgan fingerprint density at radius 3 is 2.16 bits per heavy atom. The number of nitrogens with zero attached hydrogens (tertiary/aromatic N) is 2. The number of morpholine rings is 1. The maximum absolute atomic E-state index is 12.8. The Morgan fingerprint density at radius 1 is 0.935 bits per heavy atom. The summed E-state index contributed by atoms with van der Waals surface area (Å²) in [5.41, 5.74) is 2.90. The molecule has 0 unspecified atom stereocenters. The van der Waals surface area contributed by atoms with Gasteiger partial charge in [0.15, 0.2) is 0 Å². The van der Waals surface area contributed by atoms with E-state index < -0.39 is 10.0 Å². The van der Waals surface area contributed by atoms with Crippen LogP contribution in [0.5, 0.6) is 0 Å². The zero-order chi connectivity index (χ0) is 21.8. The molecule has 1 N–H and O–H groups in total. The van der Waals surface area contributed by atoms with Crippen LogP contribution < -0.4 is 10.2 Å². The molecule has 0 radical (unpaired) electrons. The Kier molecular flexibility index (Phi) is 6.60. The summed E-state index contributed by atoms with van der Waals surface area (Å²) in [4.78, 5) is 15.3. The summed E-state index contributed by atoms with van der Waals surface area (Å²) in [6.45, 7) is 5.84. The number of amides is 1. The molecule has 0 aromatic heterocycles. The van der Waals surface area contributed by atoms with Gasteiger partial charge in [-0.1, -0.05) is 17.7 Å². The lowest BCUT2D eigenvalue weighted by Crippen LogP contribution is -2.41. The molecule has 166 valence electrons. The van der Waals surface area contributed by atoms with Crippen LogP contribution in [0, 0.1) is 12.8 Å². The zero-order valence-corrected chi connectivity index (χ0v) is 18.6. The van der Waals surface area contributed by atoms with Crippen LogP contribution in [-0.4, -0.2) is 58.0 Å². The number of sulfonamides is 1. The normalized spacial score (nSPS) is 18.7. The Morgan fingerprint density at radius 2 is 1.55 bits per heavy atom. The van der Waals surface area contributed by atoms with E-state index in [-0.39, 0.29) is 11.8 Å². The van der Waals surface area contributed by atoms with Crippen LogP contribution in [0.3, 0.4) is 0 Å². The van der Waals surface area contributed by atoms with Gasteiger partial charge in [-0.25, -0.2) is 8.42 Å². The molecule has 2 aromatic carbocycles. The first-order chi connectivity index (χ1) is 14.9. The lowest BCUT2D eigenvalue weighted by molar-refractivity contribution is -0.120. The standard InChI is InChI=1S/C23H29N3O4S/c1-18-2-8-22(9-3-18)31(28,29)26-12-10-19(11-13-26)23(27)24-20-4-6-21(7-5-20)25-14-16-30-17-15-25/h2-9,19H,10-17H2,1H3,(H,24,27). The van der Waals surface area contributed by atoms with Gasteiger partial charge in [-0.3, -0.25) is 4.79 Å². The number of benzene rings is 2. The van der Waals surface area contributed by atoms with E-state index in [4.69, 9.17) is 4.74 Å². The van der Waals surface area contributed by atoms with Gasteiger partial charge in [0, 0.05) is 43.5 Å². The van der Waals surface area contributed by atoms with Gasteiger partial charge in [0.2, 0.25) is 15.9 Å². The Labute approximate surface area is 184 Å². The van der Waals surface area contributed by atoms with Crippen LogP contribution in [0.25, 0.3) is 0 Å². The van der Waals surface area contributed by atoms with Crippen molar-refractivity contribution in [3.63, 3.8) is 0 Å². The topological polar surface area (TPSA) is 79.0 Å². The van der Waals surface area contributed by atoms with Crippen LogP contribution in [0.15, 0.2) is 53.4 Å². The number of ether oxygens (including phenoxy) is 1. The van der Waals surface area contributed by atoms with Crippen molar-refractivity contribution in [1.82, 2.24) is 4.31 Å². The van der Waals surface area contributed by atoms with E-state index in [9.17, 15) is 13.2 Å². The summed E-state index contributed by atoms with van der Waals surface area (Å²) in [5.74, 6) is -0.241. The van der Waals surface area contributed by atoms with Gasteiger partial charge >= 0.3 is 0 Å². The molecule has 0 bridgehead atoms. The fraction of sp³-hybridized carbons (Fsp3) is 0.435. The summed E-state index contributed by atoms with van der Waals surface area (Å²) < 4.78 is 32.6. The van der Waals surface area contributed by atoms with E-state index in [1.54, 1.807) is 24.3 Å². The second kappa shape index (κ2) is 9.38. The molecule has 0 saturated carbocycles. The fourth-order valence-electron chi connectivity index (χ4n) is 4.04. The number of nitrogens with one attached hydrogen (secondary N) is 1. The maximum Gasteiger partial charge on any atom is 0.243 e. The van der Waals surface area contributed by atoms with Gasteiger partial charge in [-0.15, -0.1) is 0 Å². The summed E-state index contributed by atoms with van der Waals surface area (Å²) >= 11 is 0. The molecule has 2 aromatic rings. The fourth-order valence-corrected chi connectivity index (χ4v) is 5.51. The Bertz CT molecular complexity index is 992. The summed E-state index contributed by atoms with van der Waals surface area (Å²) in [6, 6.07) is 14.7. The number of hydrogen-bond donors (Lipinski definition) is 1. The van der Waals surface area contributed by atoms with Crippen molar-refractivity contribution < 1.29 is 17.9 Å². The van der Waals surface area contributed by atoms with Crippen molar-refractivity contribution in [3.05, 3.63) is 54.1 Å². The average molecular weight is 444 g/mol. The van der Waals surface area contributed by atoms with E-state index >= 15 is 0 Å². The van der Waals surface area contributed by atoms with Gasteiger partial charge in [0.05, 0.1) is 18.1 Å². The molecule has 31 heavy (non-hydrogen) atoms. The molecular weight excluding hydrogens is 414 g/mol. The minimum atomic E-state index is -3.51. The molecule has 1 amide bonds. The minimum absolute atomic E-state index is 0.0495. The lowest BCUT2D eigenvalue weighted by atomic mass is 9.97. The molecular formula is C23H29N3O4S. The smallest absolute Gasteiger partial charge is 0.243 e. The van der Waals surface area contributed by atoms with Crippen molar-refractivity contribution in [2.75, 3.05) is 49.6 Å². The van der Waals surface area contributed by atoms with Gasteiger partial charge in [0.1, 0.15) is 0 Å². The first-order valence-corrected chi connectivity index (χ1v) is 12.2. The number of piperidine rings is 1. The van der Waals surface area contributed by atoms with Crippen molar-refractivity contribution in [1.29, 1.82) is 0 Å². The van der Waals surface area contributed by atoms with Crippen LogP contribution in [-0.2, 0) is 19.6 Å². The van der Waals surface area contributed by atoms with E-state index in [0.29, 0.717) is 30.8 Å². The zero-order valence-electron chi connectivity index (χ0n) is 17.8. The van der Waals surface area contributed by atoms with Gasteiger partial charge < -0.3 is 15.0 Å². The van der Waals surface area contributed by atoms with E-state index in [1.165, 1.54) is 4.31 Å². The molecule has 2 aliphatic heterocycles. The molecule has 7 nitrogen and oxygen atoms in total.